The number of fused-ring (bicyclic) bond motifs is 3. The Kier molecular flexibility index (Phi) is 5.24. The Balaban J connectivity index is 1.87. The molecule has 5 rings (SSSR count). The van der Waals surface area contributed by atoms with Crippen molar-refractivity contribution in [3.63, 3.8) is 0 Å². The minimum absolute atomic E-state index is 0.0179. The van der Waals surface area contributed by atoms with Crippen LogP contribution in [-0.4, -0.2) is 28.5 Å². The minimum atomic E-state index is -0.479. The first-order valence-corrected chi connectivity index (χ1v) is 10.8. The Morgan fingerprint density at radius 1 is 1.16 bits per heavy atom. The molecule has 1 aliphatic rings. The number of carbonyl (C=O) groups excluding carboxylic acids is 1. The second-order valence-electron chi connectivity index (χ2n) is 8.11. The van der Waals surface area contributed by atoms with Gasteiger partial charge in [0.05, 0.1) is 27.6 Å². The zero-order valence-electron chi connectivity index (χ0n) is 17.1. The van der Waals surface area contributed by atoms with Crippen molar-refractivity contribution in [2.75, 3.05) is 13.2 Å². The number of benzene rings is 2. The molecular weight excluding hydrogens is 415 g/mol. The van der Waals surface area contributed by atoms with E-state index in [-0.39, 0.29) is 16.8 Å². The van der Waals surface area contributed by atoms with Crippen LogP contribution >= 0.6 is 11.6 Å². The van der Waals surface area contributed by atoms with Crippen molar-refractivity contribution in [2.45, 2.75) is 25.8 Å². The van der Waals surface area contributed by atoms with Gasteiger partial charge in [-0.15, -0.1) is 0 Å². The van der Waals surface area contributed by atoms with E-state index in [0.29, 0.717) is 35.6 Å². The lowest BCUT2D eigenvalue weighted by atomic mass is 9.86. The summed E-state index contributed by atoms with van der Waals surface area (Å²) < 4.78 is 22.3. The van der Waals surface area contributed by atoms with Gasteiger partial charge in [-0.25, -0.2) is 4.39 Å². The van der Waals surface area contributed by atoms with E-state index < -0.39 is 5.82 Å². The molecule has 0 unspecified atom stereocenters. The summed E-state index contributed by atoms with van der Waals surface area (Å²) in [5.41, 5.74) is 3.98. The first-order valence-electron chi connectivity index (χ1n) is 10.5. The van der Waals surface area contributed by atoms with E-state index in [0.717, 1.165) is 29.4 Å². The summed E-state index contributed by atoms with van der Waals surface area (Å²) in [5, 5.41) is 0.766. The number of hydrogen-bond donors (Lipinski definition) is 0. The van der Waals surface area contributed by atoms with Crippen LogP contribution in [-0.2, 0) is 4.74 Å². The van der Waals surface area contributed by atoms with Gasteiger partial charge in [-0.05, 0) is 49.4 Å². The number of ether oxygens (including phenoxy) is 1. The highest BCUT2D eigenvalue weighted by Crippen LogP contribution is 2.41. The molecule has 0 amide bonds. The van der Waals surface area contributed by atoms with Gasteiger partial charge in [-0.2, -0.15) is 0 Å². The lowest BCUT2D eigenvalue weighted by Gasteiger charge is -2.33. The fraction of sp³-hybridized carbons (Fsp3) is 0.280. The molecule has 0 spiro atoms. The summed E-state index contributed by atoms with van der Waals surface area (Å²) in [7, 11) is 0. The Labute approximate surface area is 184 Å². The molecule has 0 radical (unpaired) electrons. The van der Waals surface area contributed by atoms with Crippen LogP contribution in [0, 0.1) is 11.7 Å². The Morgan fingerprint density at radius 3 is 2.61 bits per heavy atom. The number of nitrogens with zero attached hydrogens (tertiary/aromatic N) is 2. The maximum absolute atomic E-state index is 14.4. The van der Waals surface area contributed by atoms with E-state index >= 15 is 0 Å². The van der Waals surface area contributed by atoms with Gasteiger partial charge in [0, 0.05) is 30.4 Å². The average molecular weight is 437 g/mol. The van der Waals surface area contributed by atoms with E-state index in [1.165, 1.54) is 13.0 Å². The van der Waals surface area contributed by atoms with Crippen molar-refractivity contribution >= 4 is 39.3 Å². The molecule has 4 nitrogen and oxygen atoms in total. The molecule has 4 aromatic rings. The van der Waals surface area contributed by atoms with Gasteiger partial charge in [-0.3, -0.25) is 9.78 Å². The van der Waals surface area contributed by atoms with Crippen molar-refractivity contribution < 1.29 is 13.9 Å². The normalized spacial score (nSPS) is 16.1. The van der Waals surface area contributed by atoms with Gasteiger partial charge in [0.25, 0.3) is 0 Å². The molecule has 0 aliphatic carbocycles. The molecule has 2 aromatic heterocycles. The number of Topliss-reactive ketones (excluding diaryl/α,β-unsaturated/α-hetero) is 1. The van der Waals surface area contributed by atoms with Crippen molar-refractivity contribution in [3.8, 4) is 0 Å². The summed E-state index contributed by atoms with van der Waals surface area (Å²) in [5.74, 6) is -0.217. The predicted molar refractivity (Wildman–Crippen MR) is 120 cm³/mol. The van der Waals surface area contributed by atoms with Gasteiger partial charge < -0.3 is 9.30 Å². The number of pyridine rings is 1. The number of carbonyl (C=O) groups is 1. The van der Waals surface area contributed by atoms with Crippen LogP contribution in [0.3, 0.4) is 0 Å². The molecule has 0 bridgehead atoms. The minimum Gasteiger partial charge on any atom is -0.381 e. The lowest BCUT2D eigenvalue weighted by molar-refractivity contribution is 0.0553. The van der Waals surface area contributed by atoms with E-state index in [1.807, 2.05) is 24.3 Å². The fourth-order valence-corrected chi connectivity index (χ4v) is 4.86. The third-order valence-electron chi connectivity index (χ3n) is 6.22. The molecule has 31 heavy (non-hydrogen) atoms. The van der Waals surface area contributed by atoms with Crippen molar-refractivity contribution in [2.24, 2.45) is 5.92 Å². The number of halogens is 2. The molecule has 1 saturated heterocycles. The Bertz CT molecular complexity index is 1280. The molecule has 1 atom stereocenters. The quantitative estimate of drug-likeness (QED) is 0.358. The molecule has 1 fully saturated rings. The number of aromatic nitrogens is 2. The van der Waals surface area contributed by atoms with Gasteiger partial charge in [0.1, 0.15) is 5.82 Å². The molecule has 158 valence electrons. The van der Waals surface area contributed by atoms with E-state index in [9.17, 15) is 9.18 Å². The maximum atomic E-state index is 14.4. The summed E-state index contributed by atoms with van der Waals surface area (Å²) in [4.78, 5) is 16.7. The average Bonchev–Trinajstić information content (AvgIpc) is 3.08. The monoisotopic (exact) mass is 436 g/mol. The van der Waals surface area contributed by atoms with Gasteiger partial charge in [0.2, 0.25) is 0 Å². The van der Waals surface area contributed by atoms with Crippen molar-refractivity contribution in [1.29, 1.82) is 0 Å². The third kappa shape index (κ3) is 3.52. The molecule has 6 heteroatoms. The highest BCUT2D eigenvalue weighted by Gasteiger charge is 2.30. The van der Waals surface area contributed by atoms with E-state index in [2.05, 4.69) is 21.7 Å². The van der Waals surface area contributed by atoms with Gasteiger partial charge in [0.15, 0.2) is 5.78 Å². The summed E-state index contributed by atoms with van der Waals surface area (Å²) >= 11 is 6.22. The highest BCUT2D eigenvalue weighted by atomic mass is 35.5. The van der Waals surface area contributed by atoms with Crippen LogP contribution in [0.4, 0.5) is 4.39 Å². The Hall–Kier alpha value is -2.76. The number of ketones is 1. The van der Waals surface area contributed by atoms with Crippen LogP contribution in [0.1, 0.15) is 41.7 Å². The van der Waals surface area contributed by atoms with Crippen LogP contribution < -0.4 is 0 Å². The van der Waals surface area contributed by atoms with Gasteiger partial charge in [-0.1, -0.05) is 41.9 Å². The number of rotatable bonds is 4. The smallest absolute Gasteiger partial charge is 0.161 e. The zero-order chi connectivity index (χ0) is 21.5. The first-order chi connectivity index (χ1) is 15.0. The summed E-state index contributed by atoms with van der Waals surface area (Å²) in [6.45, 7) is 2.94. The largest absolute Gasteiger partial charge is 0.381 e. The second-order valence-corrected chi connectivity index (χ2v) is 8.51. The van der Waals surface area contributed by atoms with Gasteiger partial charge >= 0.3 is 0 Å². The predicted octanol–water partition coefficient (Wildman–Crippen LogP) is 6.20. The summed E-state index contributed by atoms with van der Waals surface area (Å²) in [6.07, 6.45) is 3.39. The van der Waals surface area contributed by atoms with Crippen LogP contribution in [0.2, 0.25) is 5.02 Å². The Morgan fingerprint density at radius 2 is 1.90 bits per heavy atom. The van der Waals surface area contributed by atoms with E-state index in [4.69, 9.17) is 16.3 Å². The van der Waals surface area contributed by atoms with E-state index in [1.54, 1.807) is 12.3 Å². The second kappa shape index (κ2) is 8.06. The molecular formula is C25H22ClFN2O2. The fourth-order valence-electron chi connectivity index (χ4n) is 4.71. The summed E-state index contributed by atoms with van der Waals surface area (Å²) in [6, 6.07) is 15.3. The van der Waals surface area contributed by atoms with Crippen LogP contribution in [0.25, 0.3) is 21.9 Å². The molecule has 2 aromatic carbocycles. The lowest BCUT2D eigenvalue weighted by Crippen LogP contribution is -2.27. The highest BCUT2D eigenvalue weighted by molar-refractivity contribution is 6.31. The SMILES string of the molecule is CC(=O)c1cnc2c3cc(F)c(Cl)cc3n([C@H](c3ccccc3)C3CCOCC3)c2c1. The molecule has 3 heterocycles. The van der Waals surface area contributed by atoms with Crippen LogP contribution in [0.5, 0.6) is 0 Å². The molecule has 1 aliphatic heterocycles. The topological polar surface area (TPSA) is 44.1 Å². The first kappa shape index (κ1) is 20.2. The van der Waals surface area contributed by atoms with Crippen LogP contribution in [0.15, 0.2) is 54.7 Å². The van der Waals surface area contributed by atoms with Crippen molar-refractivity contribution in [1.82, 2.24) is 9.55 Å². The third-order valence-corrected chi connectivity index (χ3v) is 6.51. The standard InChI is InChI=1S/C25H22ClFN2O2/c1-15(30)18-11-23-24(28-14-18)19-12-21(27)20(26)13-22(19)29(23)25(16-5-3-2-4-6-16)17-7-9-31-10-8-17/h2-6,11-14,17,25H,7-10H2,1H3/t25-/m1/s1. The molecule has 0 saturated carbocycles. The molecule has 0 N–H and O–H groups in total. The zero-order valence-corrected chi connectivity index (χ0v) is 17.9. The maximum Gasteiger partial charge on any atom is 0.161 e. The number of hydrogen-bond acceptors (Lipinski definition) is 3. The van der Waals surface area contributed by atoms with Crippen molar-refractivity contribution in [3.05, 3.63) is 76.7 Å².